The zero-order valence-electron chi connectivity index (χ0n) is 15.8. The molecular weight excluding hydrogens is 422 g/mol. The molecule has 0 spiro atoms. The Kier molecular flexibility index (Phi) is 6.31. The van der Waals surface area contributed by atoms with Gasteiger partial charge in [0.15, 0.2) is 0 Å². The van der Waals surface area contributed by atoms with E-state index in [-0.39, 0.29) is 11.3 Å². The second-order valence-electron chi connectivity index (χ2n) is 6.76. The molecule has 3 rings (SSSR count). The number of Topliss-reactive ketones (excluding diaryl/α,β-unsaturated/α-hetero) is 1. The van der Waals surface area contributed by atoms with Gasteiger partial charge >= 0.3 is 0 Å². The summed E-state index contributed by atoms with van der Waals surface area (Å²) in [5.74, 6) is -1.42. The number of aliphatic hydroxyl groups excluding tert-OH is 1. The smallest absolute Gasteiger partial charge is 0.295 e. The minimum atomic E-state index is -0.666. The van der Waals surface area contributed by atoms with Gasteiger partial charge in [0.2, 0.25) is 0 Å². The van der Waals surface area contributed by atoms with Crippen LogP contribution in [0.15, 0.2) is 58.6 Å². The van der Waals surface area contributed by atoms with Crippen LogP contribution in [0.2, 0.25) is 0 Å². The normalized spacial score (nSPS) is 18.7. The highest BCUT2D eigenvalue weighted by Gasteiger charge is 2.45. The van der Waals surface area contributed by atoms with Crippen molar-refractivity contribution < 1.29 is 19.4 Å². The van der Waals surface area contributed by atoms with Crippen LogP contribution in [0.3, 0.4) is 0 Å². The highest BCUT2D eigenvalue weighted by atomic mass is 79.9. The molecule has 1 unspecified atom stereocenters. The van der Waals surface area contributed by atoms with E-state index < -0.39 is 17.7 Å². The van der Waals surface area contributed by atoms with Crippen LogP contribution in [0.1, 0.15) is 29.2 Å². The van der Waals surface area contributed by atoms with Gasteiger partial charge in [-0.1, -0.05) is 57.9 Å². The number of hydrogen-bond donors (Lipinski definition) is 1. The van der Waals surface area contributed by atoms with Gasteiger partial charge in [-0.25, -0.2) is 0 Å². The van der Waals surface area contributed by atoms with E-state index in [1.165, 1.54) is 4.90 Å². The maximum atomic E-state index is 12.8. The molecule has 1 heterocycles. The zero-order chi connectivity index (χ0) is 20.3. The molecular formula is C22H22BrNO4. The summed E-state index contributed by atoms with van der Waals surface area (Å²) in [6.07, 6.45) is 0.596. The average molecular weight is 444 g/mol. The third kappa shape index (κ3) is 4.03. The number of rotatable bonds is 6. The van der Waals surface area contributed by atoms with Crippen molar-refractivity contribution in [2.75, 3.05) is 20.3 Å². The van der Waals surface area contributed by atoms with E-state index in [9.17, 15) is 14.7 Å². The molecule has 1 amide bonds. The van der Waals surface area contributed by atoms with Crippen molar-refractivity contribution >= 4 is 33.4 Å². The number of benzene rings is 2. The molecule has 0 bridgehead atoms. The van der Waals surface area contributed by atoms with Crippen molar-refractivity contribution in [3.8, 4) is 0 Å². The third-order valence-corrected chi connectivity index (χ3v) is 5.27. The fourth-order valence-electron chi connectivity index (χ4n) is 3.38. The molecule has 6 heteroatoms. The van der Waals surface area contributed by atoms with E-state index in [0.717, 1.165) is 15.6 Å². The van der Waals surface area contributed by atoms with Crippen molar-refractivity contribution in [3.05, 3.63) is 75.3 Å². The van der Waals surface area contributed by atoms with Crippen LogP contribution in [-0.4, -0.2) is 42.0 Å². The Morgan fingerprint density at radius 1 is 1.18 bits per heavy atom. The molecule has 2 aromatic rings. The summed E-state index contributed by atoms with van der Waals surface area (Å²) in [6, 6.07) is 14.0. The van der Waals surface area contributed by atoms with Crippen LogP contribution in [-0.2, 0) is 14.3 Å². The average Bonchev–Trinajstić information content (AvgIpc) is 2.93. The van der Waals surface area contributed by atoms with Crippen molar-refractivity contribution in [3.63, 3.8) is 0 Å². The van der Waals surface area contributed by atoms with Gasteiger partial charge in [-0.2, -0.15) is 0 Å². The highest BCUT2D eigenvalue weighted by molar-refractivity contribution is 9.10. The number of amides is 1. The van der Waals surface area contributed by atoms with Gasteiger partial charge in [-0.05, 0) is 31.0 Å². The van der Waals surface area contributed by atoms with Gasteiger partial charge in [0, 0.05) is 30.3 Å². The number of methoxy groups -OCH3 is 1. The maximum absolute atomic E-state index is 12.8. The SMILES string of the molecule is COCCCN1C(=O)C(=O)C(=C(O)c2ccc(C)cc2)C1c1cccc(Br)c1. The molecule has 0 saturated carbocycles. The van der Waals surface area contributed by atoms with Crippen LogP contribution in [0.4, 0.5) is 0 Å². The van der Waals surface area contributed by atoms with E-state index in [0.29, 0.717) is 25.1 Å². The molecule has 0 radical (unpaired) electrons. The molecule has 1 N–H and O–H groups in total. The molecule has 146 valence electrons. The van der Waals surface area contributed by atoms with Crippen LogP contribution in [0.25, 0.3) is 5.76 Å². The minimum absolute atomic E-state index is 0.115. The number of halogens is 1. The Morgan fingerprint density at radius 3 is 2.54 bits per heavy atom. The Balaban J connectivity index is 2.12. The number of carbonyl (C=O) groups is 2. The molecule has 1 aliphatic heterocycles. The van der Waals surface area contributed by atoms with Gasteiger partial charge < -0.3 is 14.7 Å². The van der Waals surface area contributed by atoms with Gasteiger partial charge in [0.25, 0.3) is 11.7 Å². The van der Waals surface area contributed by atoms with E-state index in [1.807, 2.05) is 43.3 Å². The summed E-state index contributed by atoms with van der Waals surface area (Å²) in [7, 11) is 1.59. The number of nitrogens with zero attached hydrogens (tertiary/aromatic N) is 1. The Bertz CT molecular complexity index is 920. The molecule has 2 aromatic carbocycles. The van der Waals surface area contributed by atoms with Crippen molar-refractivity contribution in [1.82, 2.24) is 4.90 Å². The standard InChI is InChI=1S/C22H22BrNO4/c1-14-7-9-15(10-8-14)20(25)18-19(16-5-3-6-17(23)13-16)24(11-4-12-28-2)22(27)21(18)26/h3,5-10,13,19,25H,4,11-12H2,1-2H3. The molecule has 1 saturated heterocycles. The second-order valence-corrected chi connectivity index (χ2v) is 7.68. The molecule has 1 aliphatic rings. The lowest BCUT2D eigenvalue weighted by Crippen LogP contribution is -2.31. The highest BCUT2D eigenvalue weighted by Crippen LogP contribution is 2.40. The summed E-state index contributed by atoms with van der Waals surface area (Å²) in [5.41, 5.74) is 2.43. The van der Waals surface area contributed by atoms with Gasteiger partial charge in [-0.15, -0.1) is 0 Å². The molecule has 28 heavy (non-hydrogen) atoms. The topological polar surface area (TPSA) is 66.8 Å². The van der Waals surface area contributed by atoms with Crippen LogP contribution < -0.4 is 0 Å². The molecule has 0 aromatic heterocycles. The van der Waals surface area contributed by atoms with E-state index in [1.54, 1.807) is 19.2 Å². The monoisotopic (exact) mass is 443 g/mol. The van der Waals surface area contributed by atoms with Crippen LogP contribution in [0, 0.1) is 6.92 Å². The lowest BCUT2D eigenvalue weighted by atomic mass is 9.95. The first kappa shape index (κ1) is 20.3. The Morgan fingerprint density at radius 2 is 1.89 bits per heavy atom. The molecule has 1 fully saturated rings. The molecule has 0 aliphatic carbocycles. The van der Waals surface area contributed by atoms with Crippen molar-refractivity contribution in [2.24, 2.45) is 0 Å². The minimum Gasteiger partial charge on any atom is -0.507 e. The fraction of sp³-hybridized carbons (Fsp3) is 0.273. The summed E-state index contributed by atoms with van der Waals surface area (Å²) in [6.45, 7) is 2.78. The first-order valence-electron chi connectivity index (χ1n) is 9.04. The maximum Gasteiger partial charge on any atom is 0.295 e. The molecule has 1 atom stereocenters. The fourth-order valence-corrected chi connectivity index (χ4v) is 3.80. The van der Waals surface area contributed by atoms with E-state index in [4.69, 9.17) is 4.74 Å². The first-order valence-corrected chi connectivity index (χ1v) is 9.83. The van der Waals surface area contributed by atoms with Crippen molar-refractivity contribution in [1.29, 1.82) is 0 Å². The number of carbonyl (C=O) groups excluding carboxylic acids is 2. The zero-order valence-corrected chi connectivity index (χ0v) is 17.4. The predicted molar refractivity (Wildman–Crippen MR) is 111 cm³/mol. The number of ether oxygens (including phenoxy) is 1. The van der Waals surface area contributed by atoms with Crippen molar-refractivity contribution in [2.45, 2.75) is 19.4 Å². The van der Waals surface area contributed by atoms with Crippen LogP contribution in [0.5, 0.6) is 0 Å². The number of aliphatic hydroxyl groups is 1. The molecule has 5 nitrogen and oxygen atoms in total. The summed E-state index contributed by atoms with van der Waals surface area (Å²) in [4.78, 5) is 27.1. The van der Waals surface area contributed by atoms with Gasteiger partial charge in [0.05, 0.1) is 11.6 Å². The summed E-state index contributed by atoms with van der Waals surface area (Å²) < 4.78 is 5.92. The predicted octanol–water partition coefficient (Wildman–Crippen LogP) is 4.22. The second kappa shape index (κ2) is 8.71. The number of hydrogen-bond acceptors (Lipinski definition) is 4. The number of aryl methyl sites for hydroxylation is 1. The quantitative estimate of drug-likeness (QED) is 0.314. The number of likely N-dealkylation sites (tertiary alicyclic amines) is 1. The lowest BCUT2D eigenvalue weighted by molar-refractivity contribution is -0.140. The van der Waals surface area contributed by atoms with E-state index >= 15 is 0 Å². The summed E-state index contributed by atoms with van der Waals surface area (Å²) >= 11 is 3.45. The lowest BCUT2D eigenvalue weighted by Gasteiger charge is -2.25. The van der Waals surface area contributed by atoms with Crippen LogP contribution >= 0.6 is 15.9 Å². The largest absolute Gasteiger partial charge is 0.507 e. The van der Waals surface area contributed by atoms with E-state index in [2.05, 4.69) is 15.9 Å². The Labute approximate surface area is 172 Å². The van der Waals surface area contributed by atoms with Gasteiger partial charge in [0.1, 0.15) is 5.76 Å². The Hall–Kier alpha value is -2.44. The first-order chi connectivity index (χ1) is 13.4. The van der Waals surface area contributed by atoms with Gasteiger partial charge in [-0.3, -0.25) is 9.59 Å². The third-order valence-electron chi connectivity index (χ3n) is 4.78. The summed E-state index contributed by atoms with van der Waals surface area (Å²) in [5, 5.41) is 10.9. The number of ketones is 1.